The lowest BCUT2D eigenvalue weighted by Gasteiger charge is -2.66. The Morgan fingerprint density at radius 3 is 2.08 bits per heavy atom. The van der Waals surface area contributed by atoms with Gasteiger partial charge in [-0.05, 0) is 72.5 Å². The van der Waals surface area contributed by atoms with E-state index in [0.29, 0.717) is 25.2 Å². The summed E-state index contributed by atoms with van der Waals surface area (Å²) in [5.74, 6) is -0.733. The summed E-state index contributed by atoms with van der Waals surface area (Å²) in [4.78, 5) is 0. The van der Waals surface area contributed by atoms with E-state index in [9.17, 15) is 35.7 Å². The average molecular weight is 513 g/mol. The molecule has 0 unspecified atom stereocenters. The predicted octanol–water partition coefficient (Wildman–Crippen LogP) is 2.08. The van der Waals surface area contributed by atoms with Crippen LogP contribution in [0.1, 0.15) is 86.0 Å². The molecule has 0 heterocycles. The lowest BCUT2D eigenvalue weighted by atomic mass is 9.41. The van der Waals surface area contributed by atoms with Gasteiger partial charge in [-0.15, -0.1) is 0 Å². The van der Waals surface area contributed by atoms with Crippen molar-refractivity contribution in [1.82, 2.24) is 0 Å². The highest BCUT2D eigenvalue weighted by Gasteiger charge is 2.73. The Kier molecular flexibility index (Phi) is 8.01. The van der Waals surface area contributed by atoms with Crippen molar-refractivity contribution in [2.75, 3.05) is 6.61 Å². The fourth-order valence-corrected chi connectivity index (χ4v) is 10.3. The van der Waals surface area contributed by atoms with Crippen molar-refractivity contribution in [3.8, 4) is 0 Å². The van der Waals surface area contributed by atoms with E-state index in [1.807, 2.05) is 6.92 Å². The standard InChI is InChI=1S/C29H52O7/c1-6-17(16(3)14-30)8-7-15(2)21-24(34)25(35)26-28(21,5)12-10-20-27(4)11-9-18(31)23(33)22(27)19(32)13-29(20,26)36/h15-26,30-36H,6-14H2,1-5H3/t15-,16-,17+,18+,19+,20-,21+,22+,23+,24-,25-,26-,27-,28-,29+/m1/s1. The summed E-state index contributed by atoms with van der Waals surface area (Å²) in [5.41, 5.74) is -2.40. The van der Waals surface area contributed by atoms with Gasteiger partial charge >= 0.3 is 0 Å². The molecule has 0 spiro atoms. The van der Waals surface area contributed by atoms with Crippen molar-refractivity contribution < 1.29 is 35.7 Å². The smallest absolute Gasteiger partial charge is 0.0863 e. The van der Waals surface area contributed by atoms with E-state index in [2.05, 4.69) is 27.7 Å². The molecule has 0 bridgehead atoms. The first-order valence-corrected chi connectivity index (χ1v) is 14.5. The predicted molar refractivity (Wildman–Crippen MR) is 137 cm³/mol. The maximum absolute atomic E-state index is 12.4. The molecule has 7 heteroatoms. The van der Waals surface area contributed by atoms with E-state index in [1.54, 1.807) is 0 Å². The summed E-state index contributed by atoms with van der Waals surface area (Å²) >= 11 is 0. The second-order valence-electron chi connectivity index (χ2n) is 13.9. The maximum Gasteiger partial charge on any atom is 0.0863 e. The lowest BCUT2D eigenvalue weighted by molar-refractivity contribution is -0.280. The summed E-state index contributed by atoms with van der Waals surface area (Å²) in [6, 6.07) is 0. The Morgan fingerprint density at radius 2 is 1.47 bits per heavy atom. The zero-order valence-corrected chi connectivity index (χ0v) is 22.9. The van der Waals surface area contributed by atoms with Crippen LogP contribution < -0.4 is 0 Å². The van der Waals surface area contributed by atoms with Crippen LogP contribution in [0.2, 0.25) is 0 Å². The molecule has 0 aliphatic heterocycles. The summed E-state index contributed by atoms with van der Waals surface area (Å²) < 4.78 is 0. The highest BCUT2D eigenvalue weighted by atomic mass is 16.3. The van der Waals surface area contributed by atoms with Crippen LogP contribution in [0, 0.1) is 52.3 Å². The number of hydrogen-bond donors (Lipinski definition) is 7. The average Bonchev–Trinajstić information content (AvgIpc) is 3.02. The molecule has 0 aromatic heterocycles. The number of rotatable bonds is 7. The second kappa shape index (κ2) is 10.0. The largest absolute Gasteiger partial charge is 0.396 e. The highest BCUT2D eigenvalue weighted by molar-refractivity contribution is 5.22. The first-order chi connectivity index (χ1) is 16.8. The van der Waals surface area contributed by atoms with Crippen molar-refractivity contribution >= 4 is 0 Å². The molecule has 4 aliphatic rings. The summed E-state index contributed by atoms with van der Waals surface area (Å²) in [6.45, 7) is 10.7. The third-order valence-electron chi connectivity index (χ3n) is 12.1. The van der Waals surface area contributed by atoms with Crippen molar-refractivity contribution in [1.29, 1.82) is 0 Å². The maximum atomic E-state index is 12.4. The number of hydrogen-bond acceptors (Lipinski definition) is 7. The summed E-state index contributed by atoms with van der Waals surface area (Å²) in [7, 11) is 0. The summed E-state index contributed by atoms with van der Waals surface area (Å²) in [6.07, 6.45) is 0.418. The Hall–Kier alpha value is -0.280. The molecule has 7 nitrogen and oxygen atoms in total. The monoisotopic (exact) mass is 512 g/mol. The lowest BCUT2D eigenvalue weighted by Crippen LogP contribution is -2.71. The van der Waals surface area contributed by atoms with Gasteiger partial charge in [-0.3, -0.25) is 0 Å². The van der Waals surface area contributed by atoms with Gasteiger partial charge in [0.2, 0.25) is 0 Å². The van der Waals surface area contributed by atoms with Crippen LogP contribution in [0.3, 0.4) is 0 Å². The topological polar surface area (TPSA) is 142 Å². The first-order valence-electron chi connectivity index (χ1n) is 14.5. The Balaban J connectivity index is 1.62. The van der Waals surface area contributed by atoms with Crippen LogP contribution in [0.5, 0.6) is 0 Å². The van der Waals surface area contributed by atoms with Gasteiger partial charge in [0.15, 0.2) is 0 Å². The quantitative estimate of drug-likeness (QED) is 0.277. The Bertz CT molecular complexity index is 779. The zero-order chi connectivity index (χ0) is 26.8. The Labute approximate surface area is 216 Å². The van der Waals surface area contributed by atoms with Crippen LogP contribution in [0.25, 0.3) is 0 Å². The molecule has 4 aliphatic carbocycles. The van der Waals surface area contributed by atoms with Gasteiger partial charge in [0, 0.05) is 24.9 Å². The SMILES string of the molecule is CC[C@@H](CC[C@@H](C)[C@H]1[C@@H](O)[C@@H](O)[C@@H]2[C@]1(C)CC[C@@H]1[C@@]3(C)CC[C@H](O)[C@H](O)[C@@H]3[C@@H](O)C[C@]12O)[C@H](C)CO. The molecule has 4 fully saturated rings. The number of fused-ring (bicyclic) bond motifs is 5. The van der Waals surface area contributed by atoms with E-state index >= 15 is 0 Å². The highest BCUT2D eigenvalue weighted by Crippen LogP contribution is 2.69. The zero-order valence-electron chi connectivity index (χ0n) is 22.9. The molecule has 210 valence electrons. The van der Waals surface area contributed by atoms with Crippen molar-refractivity contribution in [2.45, 2.75) is 122 Å². The van der Waals surface area contributed by atoms with Crippen LogP contribution in [0.15, 0.2) is 0 Å². The molecule has 4 rings (SSSR count). The van der Waals surface area contributed by atoms with Crippen LogP contribution in [-0.4, -0.2) is 78.5 Å². The minimum atomic E-state index is -1.36. The van der Waals surface area contributed by atoms with E-state index in [4.69, 9.17) is 0 Å². The fourth-order valence-electron chi connectivity index (χ4n) is 10.3. The molecule has 0 radical (unpaired) electrons. The normalized spacial score (nSPS) is 53.2. The molecule has 0 saturated heterocycles. The molecule has 4 saturated carbocycles. The van der Waals surface area contributed by atoms with Gasteiger partial charge in [0.05, 0.1) is 36.1 Å². The molecule has 0 amide bonds. The van der Waals surface area contributed by atoms with Gasteiger partial charge < -0.3 is 35.7 Å². The van der Waals surface area contributed by atoms with E-state index in [0.717, 1.165) is 25.7 Å². The Morgan fingerprint density at radius 1 is 0.833 bits per heavy atom. The minimum absolute atomic E-state index is 0.0404. The number of aliphatic hydroxyl groups excluding tert-OH is 6. The first kappa shape index (κ1) is 28.7. The molecule has 0 aromatic rings. The van der Waals surface area contributed by atoms with Gasteiger partial charge in [0.1, 0.15) is 0 Å². The van der Waals surface area contributed by atoms with E-state index in [-0.39, 0.29) is 36.7 Å². The minimum Gasteiger partial charge on any atom is -0.396 e. The molecular weight excluding hydrogens is 460 g/mol. The van der Waals surface area contributed by atoms with Gasteiger partial charge in [-0.1, -0.05) is 47.5 Å². The summed E-state index contributed by atoms with van der Waals surface area (Å²) in [5, 5.41) is 77.3. The third kappa shape index (κ3) is 4.11. The fraction of sp³-hybridized carbons (Fsp3) is 1.00. The van der Waals surface area contributed by atoms with Crippen molar-refractivity contribution in [2.24, 2.45) is 52.3 Å². The van der Waals surface area contributed by atoms with Gasteiger partial charge in [-0.25, -0.2) is 0 Å². The molecular formula is C29H52O7. The van der Waals surface area contributed by atoms with Crippen LogP contribution >= 0.6 is 0 Å². The molecule has 36 heavy (non-hydrogen) atoms. The third-order valence-corrected chi connectivity index (χ3v) is 12.1. The van der Waals surface area contributed by atoms with E-state index in [1.165, 1.54) is 0 Å². The van der Waals surface area contributed by atoms with Crippen molar-refractivity contribution in [3.63, 3.8) is 0 Å². The molecule has 15 atom stereocenters. The molecule has 7 N–H and O–H groups in total. The van der Waals surface area contributed by atoms with Crippen LogP contribution in [-0.2, 0) is 0 Å². The molecule has 0 aromatic carbocycles. The number of aliphatic hydroxyl groups is 7. The van der Waals surface area contributed by atoms with Crippen LogP contribution in [0.4, 0.5) is 0 Å². The van der Waals surface area contributed by atoms with Gasteiger partial charge in [-0.2, -0.15) is 0 Å². The van der Waals surface area contributed by atoms with Gasteiger partial charge in [0.25, 0.3) is 0 Å². The van der Waals surface area contributed by atoms with E-state index < -0.39 is 58.8 Å². The second-order valence-corrected chi connectivity index (χ2v) is 13.9. The van der Waals surface area contributed by atoms with Crippen molar-refractivity contribution in [3.05, 3.63) is 0 Å².